The van der Waals surface area contributed by atoms with E-state index in [9.17, 15) is 4.79 Å². The van der Waals surface area contributed by atoms with Crippen LogP contribution in [-0.2, 0) is 9.53 Å². The highest BCUT2D eigenvalue weighted by molar-refractivity contribution is 5.72. The van der Waals surface area contributed by atoms with Crippen molar-refractivity contribution in [2.24, 2.45) is 0 Å². The van der Waals surface area contributed by atoms with Crippen LogP contribution in [0.3, 0.4) is 0 Å². The highest BCUT2D eigenvalue weighted by Crippen LogP contribution is 2.20. The fraction of sp³-hybridized carbons (Fsp3) is 0.500. The molecule has 1 atom stereocenters. The zero-order chi connectivity index (χ0) is 6.85. The van der Waals surface area contributed by atoms with Gasteiger partial charge in [0.25, 0.3) is 0 Å². The van der Waals surface area contributed by atoms with Crippen LogP contribution >= 0.6 is 0 Å². The van der Waals surface area contributed by atoms with Gasteiger partial charge >= 0.3 is 5.97 Å². The third-order valence-electron chi connectivity index (χ3n) is 1.27. The lowest BCUT2D eigenvalue weighted by atomic mass is 10.2. The maximum atomic E-state index is 10.2. The average Bonchev–Trinajstić information content (AvgIpc) is 2.14. The Hall–Kier alpha value is -0.990. The summed E-state index contributed by atoms with van der Waals surface area (Å²) in [6, 6.07) is 0. The van der Waals surface area contributed by atoms with Gasteiger partial charge in [0.1, 0.15) is 0 Å². The molecular weight excluding hydrogens is 120 g/mol. The average molecular weight is 128 g/mol. The van der Waals surface area contributed by atoms with E-state index in [1.165, 1.54) is 0 Å². The predicted octanol–water partition coefficient (Wildman–Crippen LogP) is 0.764. The van der Waals surface area contributed by atoms with Crippen molar-refractivity contribution in [1.29, 1.82) is 0 Å². The van der Waals surface area contributed by atoms with Gasteiger partial charge in [-0.2, -0.15) is 0 Å². The van der Waals surface area contributed by atoms with Crippen molar-refractivity contribution in [3.05, 3.63) is 12.3 Å². The van der Waals surface area contributed by atoms with Gasteiger partial charge in [-0.15, -0.1) is 0 Å². The minimum absolute atomic E-state index is 0.564. The van der Waals surface area contributed by atoms with Gasteiger partial charge in [0.15, 0.2) is 6.10 Å². The summed E-state index contributed by atoms with van der Waals surface area (Å²) in [6.07, 6.45) is 0.600. The SMILES string of the molecule is C=C1CCC(C(=O)O)O1. The van der Waals surface area contributed by atoms with Crippen molar-refractivity contribution in [2.75, 3.05) is 0 Å². The fourth-order valence-electron chi connectivity index (χ4n) is 0.785. The third kappa shape index (κ3) is 1.22. The summed E-state index contributed by atoms with van der Waals surface area (Å²) in [5, 5.41) is 8.36. The normalized spacial score (nSPS) is 25.8. The van der Waals surface area contributed by atoms with E-state index in [4.69, 9.17) is 9.84 Å². The molecule has 1 unspecified atom stereocenters. The number of carboxylic acid groups (broad SMARTS) is 1. The molecular formula is C6H8O3. The third-order valence-corrected chi connectivity index (χ3v) is 1.27. The Labute approximate surface area is 52.9 Å². The Bertz CT molecular complexity index is 150. The molecule has 1 saturated heterocycles. The largest absolute Gasteiger partial charge is 0.484 e. The Balaban J connectivity index is 2.48. The maximum absolute atomic E-state index is 10.2. The fourth-order valence-corrected chi connectivity index (χ4v) is 0.785. The summed E-state index contributed by atoms with van der Waals surface area (Å²) < 4.78 is 4.83. The van der Waals surface area contributed by atoms with Crippen LogP contribution in [0.1, 0.15) is 12.8 Å². The monoisotopic (exact) mass is 128 g/mol. The lowest BCUT2D eigenvalue weighted by Gasteiger charge is -2.01. The van der Waals surface area contributed by atoms with Crippen LogP contribution in [0.25, 0.3) is 0 Å². The molecule has 0 bridgehead atoms. The minimum Gasteiger partial charge on any atom is -0.484 e. The Morgan fingerprint density at radius 1 is 1.89 bits per heavy atom. The summed E-state index contributed by atoms with van der Waals surface area (Å²) in [5.74, 6) is -0.309. The summed E-state index contributed by atoms with van der Waals surface area (Å²) >= 11 is 0. The van der Waals surface area contributed by atoms with Crippen molar-refractivity contribution in [1.82, 2.24) is 0 Å². The molecule has 0 aromatic heterocycles. The molecule has 0 aliphatic carbocycles. The summed E-state index contributed by atoms with van der Waals surface area (Å²) in [6.45, 7) is 3.50. The van der Waals surface area contributed by atoms with E-state index in [0.717, 1.165) is 0 Å². The molecule has 1 N–H and O–H groups in total. The lowest BCUT2D eigenvalue weighted by Crippen LogP contribution is -2.17. The first-order valence-corrected chi connectivity index (χ1v) is 2.77. The van der Waals surface area contributed by atoms with Gasteiger partial charge in [-0.25, -0.2) is 4.79 Å². The molecule has 1 rings (SSSR count). The Morgan fingerprint density at radius 2 is 2.56 bits per heavy atom. The first-order chi connectivity index (χ1) is 4.20. The molecule has 9 heavy (non-hydrogen) atoms. The topological polar surface area (TPSA) is 46.5 Å². The Morgan fingerprint density at radius 3 is 2.78 bits per heavy atom. The number of carboxylic acids is 1. The van der Waals surface area contributed by atoms with E-state index in [2.05, 4.69) is 6.58 Å². The van der Waals surface area contributed by atoms with Gasteiger partial charge in [-0.1, -0.05) is 6.58 Å². The number of hydrogen-bond donors (Lipinski definition) is 1. The van der Waals surface area contributed by atoms with E-state index < -0.39 is 12.1 Å². The van der Waals surface area contributed by atoms with Crippen LogP contribution in [0.5, 0.6) is 0 Å². The van der Waals surface area contributed by atoms with Gasteiger partial charge in [0.05, 0.1) is 5.76 Å². The highest BCUT2D eigenvalue weighted by atomic mass is 16.5. The van der Waals surface area contributed by atoms with Crippen LogP contribution in [0, 0.1) is 0 Å². The molecule has 0 aromatic carbocycles. The number of ether oxygens (including phenoxy) is 1. The first-order valence-electron chi connectivity index (χ1n) is 2.77. The zero-order valence-electron chi connectivity index (χ0n) is 4.96. The molecule has 0 aromatic rings. The van der Waals surface area contributed by atoms with E-state index in [-0.39, 0.29) is 0 Å². The quantitative estimate of drug-likeness (QED) is 0.567. The van der Waals surface area contributed by atoms with Crippen LogP contribution in [0.2, 0.25) is 0 Å². The van der Waals surface area contributed by atoms with Crippen molar-refractivity contribution in [2.45, 2.75) is 18.9 Å². The number of rotatable bonds is 1. The van der Waals surface area contributed by atoms with Crippen LogP contribution in [-0.4, -0.2) is 17.2 Å². The molecule has 0 radical (unpaired) electrons. The summed E-state index contributed by atoms with van der Waals surface area (Å²) in [7, 11) is 0. The van der Waals surface area contributed by atoms with Crippen molar-refractivity contribution < 1.29 is 14.6 Å². The molecule has 3 heteroatoms. The minimum atomic E-state index is -0.895. The zero-order valence-corrected chi connectivity index (χ0v) is 4.96. The maximum Gasteiger partial charge on any atom is 0.344 e. The van der Waals surface area contributed by atoms with Gasteiger partial charge in [-0.05, 0) is 0 Å². The second kappa shape index (κ2) is 2.09. The second-order valence-electron chi connectivity index (χ2n) is 2.02. The van der Waals surface area contributed by atoms with Crippen molar-refractivity contribution in [3.63, 3.8) is 0 Å². The van der Waals surface area contributed by atoms with Gasteiger partial charge in [-0.3, -0.25) is 0 Å². The van der Waals surface area contributed by atoms with Gasteiger partial charge < -0.3 is 9.84 Å². The highest BCUT2D eigenvalue weighted by Gasteiger charge is 2.25. The predicted molar refractivity (Wildman–Crippen MR) is 30.9 cm³/mol. The number of hydrogen-bond acceptors (Lipinski definition) is 2. The molecule has 1 aliphatic rings. The first kappa shape index (κ1) is 6.13. The number of allylic oxidation sites excluding steroid dienone is 1. The van der Waals surface area contributed by atoms with Crippen LogP contribution in [0.4, 0.5) is 0 Å². The van der Waals surface area contributed by atoms with E-state index in [1.807, 2.05) is 0 Å². The molecule has 1 heterocycles. The smallest absolute Gasteiger partial charge is 0.344 e. The van der Waals surface area contributed by atoms with Gasteiger partial charge in [0, 0.05) is 12.8 Å². The summed E-state index contributed by atoms with van der Waals surface area (Å²) in [5.41, 5.74) is 0. The number of carbonyl (C=O) groups is 1. The van der Waals surface area contributed by atoms with Crippen molar-refractivity contribution in [3.8, 4) is 0 Å². The van der Waals surface area contributed by atoms with Crippen LogP contribution < -0.4 is 0 Å². The molecule has 3 nitrogen and oxygen atoms in total. The molecule has 0 spiro atoms. The molecule has 50 valence electrons. The molecule has 1 aliphatic heterocycles. The van der Waals surface area contributed by atoms with E-state index in [0.29, 0.717) is 18.6 Å². The molecule has 0 amide bonds. The van der Waals surface area contributed by atoms with Crippen LogP contribution in [0.15, 0.2) is 12.3 Å². The van der Waals surface area contributed by atoms with E-state index >= 15 is 0 Å². The van der Waals surface area contributed by atoms with E-state index in [1.54, 1.807) is 0 Å². The molecule has 0 saturated carbocycles. The second-order valence-corrected chi connectivity index (χ2v) is 2.02. The number of aliphatic carboxylic acids is 1. The van der Waals surface area contributed by atoms with Crippen molar-refractivity contribution >= 4 is 5.97 Å². The van der Waals surface area contributed by atoms with Gasteiger partial charge in [0.2, 0.25) is 0 Å². The lowest BCUT2D eigenvalue weighted by molar-refractivity contribution is -0.145. The standard InChI is InChI=1S/C6H8O3/c1-4-2-3-5(9-4)6(7)8/h5H,1-3H2,(H,7,8). The molecule has 1 fully saturated rings. The Kier molecular flexibility index (Phi) is 1.42. The summed E-state index contributed by atoms with van der Waals surface area (Å²) in [4.78, 5) is 10.2.